The van der Waals surface area contributed by atoms with E-state index in [1.165, 1.54) is 21.2 Å². The van der Waals surface area contributed by atoms with Gasteiger partial charge in [0.2, 0.25) is 0 Å². The third-order valence-electron chi connectivity index (χ3n) is 4.57. The van der Waals surface area contributed by atoms with E-state index in [4.69, 9.17) is 17.5 Å². The Morgan fingerprint density at radius 1 is 0.433 bits per heavy atom. The van der Waals surface area contributed by atoms with Crippen LogP contribution >= 0.6 is 7.26 Å². The van der Waals surface area contributed by atoms with Crippen LogP contribution in [0.25, 0.3) is 0 Å². The number of benzene rings is 4. The van der Waals surface area contributed by atoms with Gasteiger partial charge in [0.1, 0.15) is 28.5 Å². The van der Waals surface area contributed by atoms with Crippen molar-refractivity contribution >= 4 is 38.9 Å². The first-order valence-corrected chi connectivity index (χ1v) is 12.4. The molecule has 0 aliphatic heterocycles. The Hall–Kier alpha value is -2.82. The molecule has 0 saturated heterocycles. The summed E-state index contributed by atoms with van der Waals surface area (Å²) in [5.41, 5.74) is 0. The van der Waals surface area contributed by atoms with Crippen molar-refractivity contribution in [2.75, 3.05) is 0 Å². The highest BCUT2D eigenvalue weighted by molar-refractivity contribution is 8.01. The lowest BCUT2D eigenvalue weighted by molar-refractivity contribution is 0.381. The fourth-order valence-corrected chi connectivity index (χ4v) is 7.77. The zero-order valence-electron chi connectivity index (χ0n) is 16.1. The molecule has 0 amide bonds. The van der Waals surface area contributed by atoms with Crippen LogP contribution in [0.2, 0.25) is 0 Å². The fraction of sp³-hybridized carbons (Fsp3) is 0. The van der Waals surface area contributed by atoms with Crippen LogP contribution in [0.5, 0.6) is 0 Å². The van der Waals surface area contributed by atoms with Crippen molar-refractivity contribution in [1.29, 1.82) is 0 Å². The van der Waals surface area contributed by atoms with E-state index in [1.807, 2.05) is 0 Å². The second-order valence-electron chi connectivity index (χ2n) is 6.46. The topological polar surface area (TPSA) is 74.6 Å². The van der Waals surface area contributed by atoms with Crippen LogP contribution < -0.4 is 21.2 Å². The van der Waals surface area contributed by atoms with Crippen LogP contribution in [-0.2, 0) is 10.4 Å². The molecule has 2 N–H and O–H groups in total. The lowest BCUT2D eigenvalue weighted by Gasteiger charge is -2.27. The van der Waals surface area contributed by atoms with Gasteiger partial charge in [0.05, 0.1) is 0 Å². The van der Waals surface area contributed by atoms with Gasteiger partial charge in [0.15, 0.2) is 0 Å². The summed E-state index contributed by atoms with van der Waals surface area (Å²) in [7, 11) is -6.57. The van der Waals surface area contributed by atoms with Crippen LogP contribution in [0.1, 0.15) is 0 Å². The van der Waals surface area contributed by atoms with Crippen molar-refractivity contribution in [2.24, 2.45) is 0 Å². The normalized spacial score (nSPS) is 11.3. The van der Waals surface area contributed by atoms with E-state index in [9.17, 15) is 0 Å². The minimum atomic E-state index is -4.67. The van der Waals surface area contributed by atoms with E-state index in [1.54, 1.807) is 0 Å². The smallest absolute Gasteiger partial charge is 0.264 e. The molecule has 30 heavy (non-hydrogen) atoms. The number of hydrogen-bond acceptors (Lipinski definition) is 2. The van der Waals surface area contributed by atoms with Crippen LogP contribution in [0, 0.1) is 0 Å². The summed E-state index contributed by atoms with van der Waals surface area (Å²) < 4.78 is 31.6. The molecule has 4 nitrogen and oxygen atoms in total. The first kappa shape index (κ1) is 21.9. The van der Waals surface area contributed by atoms with Crippen molar-refractivity contribution in [3.05, 3.63) is 121 Å². The summed E-state index contributed by atoms with van der Waals surface area (Å²) >= 11 is 0. The van der Waals surface area contributed by atoms with E-state index < -0.39 is 17.7 Å². The molecular formula is C24H22O4PS+. The first-order chi connectivity index (χ1) is 14.4. The lowest BCUT2D eigenvalue weighted by atomic mass is 10.3. The predicted octanol–water partition coefficient (Wildman–Crippen LogP) is 3.65. The maximum atomic E-state index is 8.74. The van der Waals surface area contributed by atoms with E-state index in [-0.39, 0.29) is 0 Å². The highest BCUT2D eigenvalue weighted by Gasteiger charge is 2.47. The molecule has 4 aromatic rings. The third kappa shape index (κ3) is 5.21. The molecule has 0 bridgehead atoms. The van der Waals surface area contributed by atoms with E-state index in [0.29, 0.717) is 0 Å². The van der Waals surface area contributed by atoms with Gasteiger partial charge < -0.3 is 0 Å². The SMILES string of the molecule is O=S(=O)(O)O.c1ccc([P+](c2ccccc2)(c2ccccc2)c2ccccc2)cc1. The van der Waals surface area contributed by atoms with Crippen LogP contribution in [0.4, 0.5) is 0 Å². The summed E-state index contributed by atoms with van der Waals surface area (Å²) in [5.74, 6) is 0. The second kappa shape index (κ2) is 9.79. The van der Waals surface area contributed by atoms with Crippen LogP contribution in [-0.4, -0.2) is 17.5 Å². The molecule has 0 aliphatic carbocycles. The molecule has 0 spiro atoms. The number of rotatable bonds is 4. The largest absolute Gasteiger partial charge is 0.394 e. The van der Waals surface area contributed by atoms with Gasteiger partial charge in [-0.1, -0.05) is 72.8 Å². The monoisotopic (exact) mass is 437 g/mol. The van der Waals surface area contributed by atoms with Gasteiger partial charge in [-0.2, -0.15) is 8.42 Å². The minimum Gasteiger partial charge on any atom is -0.264 e. The molecule has 0 aromatic heterocycles. The molecule has 0 radical (unpaired) electrons. The zero-order chi connectivity index (χ0) is 21.5. The standard InChI is InChI=1S/C24H20P.H2O4S/c1-5-13-21(14-6-1)25(22-15-7-2-8-16-22,23-17-9-3-10-18-23)24-19-11-4-12-20-24;1-5(2,3)4/h1-20H;(H2,1,2,3,4)/q+1;. The van der Waals surface area contributed by atoms with Crippen LogP contribution in [0.3, 0.4) is 0 Å². The molecule has 0 fully saturated rings. The number of hydrogen-bond donors (Lipinski definition) is 2. The third-order valence-corrected chi connectivity index (χ3v) is 8.86. The predicted molar refractivity (Wildman–Crippen MR) is 125 cm³/mol. The summed E-state index contributed by atoms with van der Waals surface area (Å²) in [6.45, 7) is 0. The van der Waals surface area contributed by atoms with Gasteiger partial charge in [-0.25, -0.2) is 0 Å². The first-order valence-electron chi connectivity index (χ1n) is 9.24. The highest BCUT2D eigenvalue weighted by atomic mass is 32.3. The van der Waals surface area contributed by atoms with Crippen molar-refractivity contribution in [3.8, 4) is 0 Å². The Balaban J connectivity index is 0.000000461. The summed E-state index contributed by atoms with van der Waals surface area (Å²) in [6, 6.07) is 43.8. The minimum absolute atomic E-state index is 1.39. The van der Waals surface area contributed by atoms with Crippen LogP contribution in [0.15, 0.2) is 121 Å². The van der Waals surface area contributed by atoms with Gasteiger partial charge in [0.25, 0.3) is 0 Å². The molecular weight excluding hydrogens is 415 g/mol. The van der Waals surface area contributed by atoms with Gasteiger partial charge in [-0.05, 0) is 48.5 Å². The Bertz CT molecular complexity index is 980. The van der Waals surface area contributed by atoms with Crippen molar-refractivity contribution in [3.63, 3.8) is 0 Å². The summed E-state index contributed by atoms with van der Waals surface area (Å²) in [5, 5.41) is 5.55. The molecule has 6 heteroatoms. The quantitative estimate of drug-likeness (QED) is 0.378. The fourth-order valence-electron chi connectivity index (χ4n) is 3.50. The lowest BCUT2D eigenvalue weighted by Crippen LogP contribution is -2.38. The Morgan fingerprint density at radius 3 is 0.767 bits per heavy atom. The molecule has 152 valence electrons. The Kier molecular flexibility index (Phi) is 7.14. The van der Waals surface area contributed by atoms with E-state index >= 15 is 0 Å². The van der Waals surface area contributed by atoms with Crippen molar-refractivity contribution in [2.45, 2.75) is 0 Å². The second-order valence-corrected chi connectivity index (χ2v) is 10.8. The summed E-state index contributed by atoms with van der Waals surface area (Å²) in [4.78, 5) is 0. The van der Waals surface area contributed by atoms with Crippen molar-refractivity contribution < 1.29 is 17.5 Å². The molecule has 4 rings (SSSR count). The molecule has 0 aliphatic rings. The highest BCUT2D eigenvalue weighted by Crippen LogP contribution is 2.53. The average Bonchev–Trinajstić information content (AvgIpc) is 2.76. The maximum Gasteiger partial charge on any atom is 0.394 e. The van der Waals surface area contributed by atoms with Gasteiger partial charge in [-0.15, -0.1) is 0 Å². The van der Waals surface area contributed by atoms with E-state index in [0.717, 1.165) is 0 Å². The molecule has 0 saturated carbocycles. The Morgan fingerprint density at radius 2 is 0.600 bits per heavy atom. The van der Waals surface area contributed by atoms with Gasteiger partial charge in [0, 0.05) is 0 Å². The molecule has 4 aromatic carbocycles. The van der Waals surface area contributed by atoms with Gasteiger partial charge in [-0.3, -0.25) is 9.11 Å². The summed E-state index contributed by atoms with van der Waals surface area (Å²) in [6.07, 6.45) is 0. The van der Waals surface area contributed by atoms with Crippen molar-refractivity contribution in [1.82, 2.24) is 0 Å². The Labute approximate surface area is 177 Å². The molecule has 0 unspecified atom stereocenters. The average molecular weight is 437 g/mol. The van der Waals surface area contributed by atoms with E-state index in [2.05, 4.69) is 121 Å². The zero-order valence-corrected chi connectivity index (χ0v) is 17.8. The molecule has 0 atom stereocenters. The molecule has 0 heterocycles. The van der Waals surface area contributed by atoms with Gasteiger partial charge >= 0.3 is 10.4 Å². The maximum absolute atomic E-state index is 8.74.